The van der Waals surface area contributed by atoms with Gasteiger partial charge in [0.1, 0.15) is 0 Å². The molecule has 0 saturated carbocycles. The second kappa shape index (κ2) is 29.9. The summed E-state index contributed by atoms with van der Waals surface area (Å²) in [6.45, 7) is 0.944. The first-order valence-electron chi connectivity index (χ1n) is 3.07. The van der Waals surface area contributed by atoms with E-state index in [1.54, 1.807) is 0 Å². The van der Waals surface area contributed by atoms with Crippen LogP contribution in [0.1, 0.15) is 0 Å². The normalized spacial score (nSPS) is 6.46. The van der Waals surface area contributed by atoms with E-state index in [2.05, 4.69) is 0 Å². The molecule has 8 heteroatoms. The SMILES string of the molecule is O=C(O)O.[Co].[NH-]CC[NH-].[NH-]CC[NH-]. The summed E-state index contributed by atoms with van der Waals surface area (Å²) in [6, 6.07) is 0. The molecule has 85 valence electrons. The van der Waals surface area contributed by atoms with Crippen LogP contribution in [-0.4, -0.2) is 42.5 Å². The fraction of sp³-hybridized carbons (Fsp3) is 0.800. The molecule has 0 atom stereocenters. The van der Waals surface area contributed by atoms with Gasteiger partial charge in [-0.3, -0.25) is 0 Å². The van der Waals surface area contributed by atoms with Crippen LogP contribution >= 0.6 is 0 Å². The Hall–Kier alpha value is -0.384. The molecule has 0 bridgehead atoms. The molecule has 0 amide bonds. The van der Waals surface area contributed by atoms with Gasteiger partial charge in [0.05, 0.1) is 0 Å². The van der Waals surface area contributed by atoms with Crippen molar-refractivity contribution in [3.05, 3.63) is 22.9 Å². The quantitative estimate of drug-likeness (QED) is 0.757. The topological polar surface area (TPSA) is 153 Å². The smallest absolute Gasteiger partial charge is 0.503 e. The van der Waals surface area contributed by atoms with Gasteiger partial charge in [-0.05, 0) is 0 Å². The minimum Gasteiger partial charge on any atom is -0.679 e. The van der Waals surface area contributed by atoms with E-state index >= 15 is 0 Å². The number of hydrogen-bond acceptors (Lipinski definition) is 1. The van der Waals surface area contributed by atoms with Crippen LogP contribution in [0, 0.1) is 0 Å². The van der Waals surface area contributed by atoms with Gasteiger partial charge in [-0.25, -0.2) is 4.79 Å². The van der Waals surface area contributed by atoms with Crippen LogP contribution in [0.15, 0.2) is 0 Å². The summed E-state index contributed by atoms with van der Waals surface area (Å²) >= 11 is 0. The summed E-state index contributed by atoms with van der Waals surface area (Å²) < 4.78 is 0. The number of rotatable bonds is 2. The Labute approximate surface area is 87.6 Å². The molecule has 0 aromatic rings. The molecule has 0 aromatic carbocycles. The summed E-state index contributed by atoms with van der Waals surface area (Å²) in [5.41, 5.74) is 25.1. The molecule has 0 saturated heterocycles. The predicted octanol–water partition coefficient (Wildman–Crippen LogP) is 2.40. The second-order valence-electron chi connectivity index (χ2n) is 1.28. The average Bonchev–Trinajstić information content (AvgIpc) is 2.03. The van der Waals surface area contributed by atoms with Crippen molar-refractivity contribution in [2.24, 2.45) is 0 Å². The number of carbonyl (C=O) groups is 1. The van der Waals surface area contributed by atoms with Crippen molar-refractivity contribution in [3.8, 4) is 0 Å². The summed E-state index contributed by atoms with van der Waals surface area (Å²) in [5, 5.41) is 13.9. The molecular formula is C5H14CoN4O3-4. The Morgan fingerprint density at radius 3 is 0.923 bits per heavy atom. The van der Waals surface area contributed by atoms with E-state index < -0.39 is 6.16 Å². The van der Waals surface area contributed by atoms with E-state index in [0.29, 0.717) is 0 Å². The van der Waals surface area contributed by atoms with E-state index in [1.807, 2.05) is 0 Å². The van der Waals surface area contributed by atoms with Crippen LogP contribution in [0.2, 0.25) is 0 Å². The van der Waals surface area contributed by atoms with Gasteiger partial charge in [0, 0.05) is 16.8 Å². The summed E-state index contributed by atoms with van der Waals surface area (Å²) in [6.07, 6.45) is -1.83. The number of nitrogens with one attached hydrogen (secondary N) is 4. The Morgan fingerprint density at radius 1 is 0.846 bits per heavy atom. The number of carboxylic acid groups (broad SMARTS) is 2. The van der Waals surface area contributed by atoms with Gasteiger partial charge in [0.15, 0.2) is 0 Å². The van der Waals surface area contributed by atoms with Crippen molar-refractivity contribution in [3.63, 3.8) is 0 Å². The Bertz CT molecular complexity index is 74.2. The Kier molecular flexibility index (Phi) is 52.8. The maximum atomic E-state index is 8.56. The molecular weight excluding hydrogens is 223 g/mol. The van der Waals surface area contributed by atoms with Gasteiger partial charge < -0.3 is 33.1 Å². The maximum Gasteiger partial charge on any atom is 0.503 e. The van der Waals surface area contributed by atoms with Gasteiger partial charge >= 0.3 is 6.16 Å². The van der Waals surface area contributed by atoms with Crippen molar-refractivity contribution in [2.75, 3.05) is 26.2 Å². The molecule has 0 unspecified atom stereocenters. The largest absolute Gasteiger partial charge is 0.679 e. The van der Waals surface area contributed by atoms with Crippen molar-refractivity contribution >= 4 is 6.16 Å². The summed E-state index contributed by atoms with van der Waals surface area (Å²) in [4.78, 5) is 8.56. The van der Waals surface area contributed by atoms with E-state index in [4.69, 9.17) is 37.9 Å². The molecule has 1 radical (unpaired) electrons. The van der Waals surface area contributed by atoms with Crippen molar-refractivity contribution in [1.82, 2.24) is 0 Å². The first-order valence-corrected chi connectivity index (χ1v) is 3.07. The zero-order valence-corrected chi connectivity index (χ0v) is 8.01. The molecule has 0 aliphatic carbocycles. The van der Waals surface area contributed by atoms with Crippen molar-refractivity contribution in [1.29, 1.82) is 0 Å². The summed E-state index contributed by atoms with van der Waals surface area (Å²) in [5.74, 6) is 0. The van der Waals surface area contributed by atoms with Gasteiger partial charge in [0.25, 0.3) is 0 Å². The third-order valence-electron chi connectivity index (χ3n) is 0.250. The van der Waals surface area contributed by atoms with Crippen molar-refractivity contribution in [2.45, 2.75) is 0 Å². The third kappa shape index (κ3) is 411. The minimum atomic E-state index is -1.83. The third-order valence-corrected chi connectivity index (χ3v) is 0.250. The molecule has 6 N–H and O–H groups in total. The van der Waals surface area contributed by atoms with Crippen molar-refractivity contribution < 1.29 is 31.8 Å². The molecule has 0 aromatic heterocycles. The summed E-state index contributed by atoms with van der Waals surface area (Å²) in [7, 11) is 0. The van der Waals surface area contributed by atoms with E-state index in [9.17, 15) is 0 Å². The number of hydrogen-bond donors (Lipinski definition) is 2. The van der Waals surface area contributed by atoms with Crippen LogP contribution in [0.5, 0.6) is 0 Å². The van der Waals surface area contributed by atoms with E-state index in [0.717, 1.165) is 0 Å². The van der Waals surface area contributed by atoms with E-state index in [-0.39, 0.29) is 43.0 Å². The van der Waals surface area contributed by atoms with Gasteiger partial charge in [-0.2, -0.15) is 26.2 Å². The monoisotopic (exact) mass is 237 g/mol. The van der Waals surface area contributed by atoms with Gasteiger partial charge in [-0.1, -0.05) is 0 Å². The standard InChI is InChI=1S/2C2H6N2.CH2O3.Co/c2*3-1-2-4;2-1(3)4;/h2*3-4H,1-2H2;(H2,2,3,4);/q2*-2;;. The van der Waals surface area contributed by atoms with Gasteiger partial charge in [0.2, 0.25) is 0 Å². The Balaban J connectivity index is -0.0000000450. The minimum absolute atomic E-state index is 0. The Morgan fingerprint density at radius 2 is 0.923 bits per heavy atom. The van der Waals surface area contributed by atoms with Crippen LogP contribution < -0.4 is 0 Å². The zero-order chi connectivity index (χ0) is 10.4. The second-order valence-corrected chi connectivity index (χ2v) is 1.28. The fourth-order valence-electron chi connectivity index (χ4n) is 0. The van der Waals surface area contributed by atoms with Crippen LogP contribution in [0.3, 0.4) is 0 Å². The first-order chi connectivity index (χ1) is 5.56. The average molecular weight is 237 g/mol. The molecule has 0 aliphatic heterocycles. The molecule has 0 heterocycles. The molecule has 13 heavy (non-hydrogen) atoms. The maximum absolute atomic E-state index is 8.56. The molecule has 0 rings (SSSR count). The molecule has 7 nitrogen and oxygen atoms in total. The first kappa shape index (κ1) is 22.9. The van der Waals surface area contributed by atoms with Crippen LogP contribution in [-0.2, 0) is 16.8 Å². The van der Waals surface area contributed by atoms with Crippen LogP contribution in [0.4, 0.5) is 4.79 Å². The van der Waals surface area contributed by atoms with Gasteiger partial charge in [-0.15, -0.1) is 0 Å². The molecule has 0 aliphatic rings. The fourth-order valence-corrected chi connectivity index (χ4v) is 0. The molecule has 0 spiro atoms. The van der Waals surface area contributed by atoms with E-state index in [1.165, 1.54) is 0 Å². The van der Waals surface area contributed by atoms with Crippen LogP contribution in [0.25, 0.3) is 22.9 Å². The zero-order valence-electron chi connectivity index (χ0n) is 6.96. The molecule has 0 fully saturated rings. The predicted molar refractivity (Wildman–Crippen MR) is 47.4 cm³/mol.